The van der Waals surface area contributed by atoms with Gasteiger partial charge in [-0.2, -0.15) is 4.31 Å². The maximum absolute atomic E-state index is 13.1. The third kappa shape index (κ3) is 5.68. The first-order valence-electron chi connectivity index (χ1n) is 11.3. The number of hydrogen-bond donors (Lipinski definition) is 0. The number of sulfonamides is 1. The molecule has 2 aliphatic heterocycles. The number of thiophene rings is 1. The van der Waals surface area contributed by atoms with Gasteiger partial charge >= 0.3 is 0 Å². The second-order valence-corrected chi connectivity index (χ2v) is 12.2. The molecule has 3 rings (SSSR count). The van der Waals surface area contributed by atoms with Crippen molar-refractivity contribution in [3.8, 4) is 0 Å². The van der Waals surface area contributed by atoms with Gasteiger partial charge in [-0.15, -0.1) is 11.3 Å². The van der Waals surface area contributed by atoms with Gasteiger partial charge in [-0.3, -0.25) is 9.59 Å². The van der Waals surface area contributed by atoms with E-state index >= 15 is 0 Å². The summed E-state index contributed by atoms with van der Waals surface area (Å²) in [6.07, 6.45) is 4.84. The van der Waals surface area contributed by atoms with Crippen molar-refractivity contribution in [2.24, 2.45) is 11.8 Å². The molecule has 0 radical (unpaired) electrons. The SMILES string of the molecule is CCCCN(C)C(=O)C1CCN(C(=O)C2CCCN(S(=O)(=O)c3ccc(C)s3)C2)CC1. The van der Waals surface area contributed by atoms with Crippen molar-refractivity contribution in [2.45, 2.75) is 56.6 Å². The number of carbonyl (C=O) groups is 2. The Hall–Kier alpha value is -1.45. The highest BCUT2D eigenvalue weighted by Gasteiger charge is 2.37. The quantitative estimate of drug-likeness (QED) is 0.615. The van der Waals surface area contributed by atoms with Crippen LogP contribution in [0, 0.1) is 18.8 Å². The molecule has 174 valence electrons. The maximum Gasteiger partial charge on any atom is 0.252 e. The van der Waals surface area contributed by atoms with E-state index in [2.05, 4.69) is 6.92 Å². The molecule has 0 aromatic carbocycles. The van der Waals surface area contributed by atoms with Gasteiger partial charge in [-0.1, -0.05) is 13.3 Å². The summed E-state index contributed by atoms with van der Waals surface area (Å²) in [5.74, 6) is -0.102. The molecule has 1 unspecified atom stereocenters. The van der Waals surface area contributed by atoms with E-state index < -0.39 is 10.0 Å². The second-order valence-electron chi connectivity index (χ2n) is 8.78. The summed E-state index contributed by atoms with van der Waals surface area (Å²) >= 11 is 1.28. The predicted molar refractivity (Wildman–Crippen MR) is 122 cm³/mol. The Morgan fingerprint density at radius 2 is 1.84 bits per heavy atom. The Labute approximate surface area is 190 Å². The van der Waals surface area contributed by atoms with Gasteiger partial charge in [0.15, 0.2) is 0 Å². The molecule has 7 nitrogen and oxygen atoms in total. The van der Waals surface area contributed by atoms with Crippen molar-refractivity contribution in [2.75, 3.05) is 39.8 Å². The van der Waals surface area contributed by atoms with Crippen LogP contribution in [0.15, 0.2) is 16.3 Å². The van der Waals surface area contributed by atoms with Gasteiger partial charge in [-0.05, 0) is 51.2 Å². The van der Waals surface area contributed by atoms with E-state index in [1.165, 1.54) is 15.6 Å². The molecule has 2 amide bonds. The van der Waals surface area contributed by atoms with E-state index in [4.69, 9.17) is 0 Å². The number of amides is 2. The van der Waals surface area contributed by atoms with E-state index in [0.717, 1.165) is 24.3 Å². The molecule has 1 aromatic rings. The largest absolute Gasteiger partial charge is 0.346 e. The van der Waals surface area contributed by atoms with Crippen LogP contribution in [0.3, 0.4) is 0 Å². The number of hydrogen-bond acceptors (Lipinski definition) is 5. The van der Waals surface area contributed by atoms with Crippen LogP contribution in [0.4, 0.5) is 0 Å². The van der Waals surface area contributed by atoms with E-state index in [9.17, 15) is 18.0 Å². The average molecular weight is 470 g/mol. The molecule has 2 fully saturated rings. The number of rotatable bonds is 7. The zero-order valence-electron chi connectivity index (χ0n) is 18.9. The van der Waals surface area contributed by atoms with E-state index in [1.54, 1.807) is 6.07 Å². The summed E-state index contributed by atoms with van der Waals surface area (Å²) in [7, 11) is -1.68. The summed E-state index contributed by atoms with van der Waals surface area (Å²) in [6, 6.07) is 3.47. The lowest BCUT2D eigenvalue weighted by Gasteiger charge is -2.37. The van der Waals surface area contributed by atoms with Gasteiger partial charge in [0.1, 0.15) is 4.21 Å². The Morgan fingerprint density at radius 3 is 2.45 bits per heavy atom. The zero-order chi connectivity index (χ0) is 22.6. The molecule has 0 saturated carbocycles. The molecule has 2 saturated heterocycles. The fourth-order valence-electron chi connectivity index (χ4n) is 4.46. The number of nitrogens with zero attached hydrogens (tertiary/aromatic N) is 3. The molecular formula is C22H35N3O4S2. The third-order valence-corrected chi connectivity index (χ3v) is 9.76. The third-order valence-electron chi connectivity index (χ3n) is 6.42. The Morgan fingerprint density at radius 1 is 1.13 bits per heavy atom. The Balaban J connectivity index is 1.55. The fraction of sp³-hybridized carbons (Fsp3) is 0.727. The van der Waals surface area contributed by atoms with Gasteiger partial charge in [0.2, 0.25) is 11.8 Å². The summed E-state index contributed by atoms with van der Waals surface area (Å²) in [6.45, 7) is 6.64. The van der Waals surface area contributed by atoms with Crippen LogP contribution in [0.1, 0.15) is 50.3 Å². The highest BCUT2D eigenvalue weighted by molar-refractivity contribution is 7.91. The average Bonchev–Trinajstić information content (AvgIpc) is 3.23. The lowest BCUT2D eigenvalue weighted by molar-refractivity contribution is -0.142. The van der Waals surface area contributed by atoms with Crippen molar-refractivity contribution in [3.63, 3.8) is 0 Å². The van der Waals surface area contributed by atoms with Crippen molar-refractivity contribution in [1.82, 2.24) is 14.1 Å². The molecule has 1 aromatic heterocycles. The normalized spacial score (nSPS) is 21.3. The van der Waals surface area contributed by atoms with Crippen molar-refractivity contribution < 1.29 is 18.0 Å². The van der Waals surface area contributed by atoms with Crippen molar-refractivity contribution in [3.05, 3.63) is 17.0 Å². The van der Waals surface area contributed by atoms with Crippen LogP contribution in [0.5, 0.6) is 0 Å². The second kappa shape index (κ2) is 10.4. The van der Waals surface area contributed by atoms with E-state index in [1.807, 2.05) is 29.8 Å². The number of unbranched alkanes of at least 4 members (excludes halogenated alkanes) is 1. The van der Waals surface area contributed by atoms with Crippen LogP contribution in [-0.4, -0.2) is 74.1 Å². The smallest absolute Gasteiger partial charge is 0.252 e. The topological polar surface area (TPSA) is 78.0 Å². The van der Waals surface area contributed by atoms with Crippen LogP contribution in [0.25, 0.3) is 0 Å². The summed E-state index contributed by atoms with van der Waals surface area (Å²) < 4.78 is 27.8. The molecular weight excluding hydrogens is 434 g/mol. The zero-order valence-corrected chi connectivity index (χ0v) is 20.5. The molecule has 31 heavy (non-hydrogen) atoms. The van der Waals surface area contributed by atoms with Gasteiger partial charge in [-0.25, -0.2) is 8.42 Å². The molecule has 2 aliphatic rings. The van der Waals surface area contributed by atoms with Gasteiger partial charge in [0, 0.05) is 50.6 Å². The molecule has 0 bridgehead atoms. The van der Waals surface area contributed by atoms with Gasteiger partial charge in [0.25, 0.3) is 10.0 Å². The lowest BCUT2D eigenvalue weighted by atomic mass is 9.92. The first kappa shape index (κ1) is 24.2. The Kier molecular flexibility index (Phi) is 8.15. The fourth-order valence-corrected chi connectivity index (χ4v) is 7.42. The molecule has 0 N–H and O–H groups in total. The minimum Gasteiger partial charge on any atom is -0.346 e. The lowest BCUT2D eigenvalue weighted by Crippen LogP contribution is -2.49. The first-order valence-corrected chi connectivity index (χ1v) is 13.6. The highest BCUT2D eigenvalue weighted by atomic mass is 32.2. The van der Waals surface area contributed by atoms with Gasteiger partial charge < -0.3 is 9.80 Å². The standard InChI is InChI=1S/C22H35N3O4S2/c1-4-5-12-23(3)21(26)18-10-14-24(15-11-18)22(27)19-7-6-13-25(16-19)31(28,29)20-9-8-17(2)30-20/h8-9,18-19H,4-7,10-16H2,1-3H3. The van der Waals surface area contributed by atoms with Crippen molar-refractivity contribution >= 4 is 33.2 Å². The summed E-state index contributed by atoms with van der Waals surface area (Å²) in [5.41, 5.74) is 0. The monoisotopic (exact) mass is 469 g/mol. The summed E-state index contributed by atoms with van der Waals surface area (Å²) in [5, 5.41) is 0. The minimum absolute atomic E-state index is 0.0174. The summed E-state index contributed by atoms with van der Waals surface area (Å²) in [4.78, 5) is 30.4. The van der Waals surface area contributed by atoms with E-state index in [0.29, 0.717) is 49.5 Å². The number of likely N-dealkylation sites (tertiary alicyclic amines) is 1. The van der Waals surface area contributed by atoms with Crippen LogP contribution >= 0.6 is 11.3 Å². The Bertz CT molecular complexity index is 875. The number of aryl methyl sites for hydroxylation is 1. The molecule has 9 heteroatoms. The maximum atomic E-state index is 13.1. The highest BCUT2D eigenvalue weighted by Crippen LogP contribution is 2.30. The predicted octanol–water partition coefficient (Wildman–Crippen LogP) is 2.95. The minimum atomic E-state index is -3.54. The van der Waals surface area contributed by atoms with E-state index in [-0.39, 0.29) is 30.2 Å². The number of piperidine rings is 2. The molecule has 3 heterocycles. The van der Waals surface area contributed by atoms with Crippen LogP contribution < -0.4 is 0 Å². The van der Waals surface area contributed by atoms with Crippen molar-refractivity contribution in [1.29, 1.82) is 0 Å². The molecule has 0 aliphatic carbocycles. The number of carbonyl (C=O) groups excluding carboxylic acids is 2. The molecule has 1 atom stereocenters. The van der Waals surface area contributed by atoms with Gasteiger partial charge in [0.05, 0.1) is 5.92 Å². The van der Waals surface area contributed by atoms with Crippen LogP contribution in [0.2, 0.25) is 0 Å². The first-order chi connectivity index (χ1) is 14.7. The van der Waals surface area contributed by atoms with Crippen LogP contribution in [-0.2, 0) is 19.6 Å². The molecule has 0 spiro atoms.